The fourth-order valence-corrected chi connectivity index (χ4v) is 2.90. The lowest BCUT2D eigenvalue weighted by molar-refractivity contribution is -0.142. The normalized spacial score (nSPS) is 21.9. The number of nitrogens with one attached hydrogen (secondary N) is 1. The Morgan fingerprint density at radius 1 is 1.33 bits per heavy atom. The van der Waals surface area contributed by atoms with Crippen LogP contribution in [-0.4, -0.2) is 32.1 Å². The number of carboxylic acids is 1. The van der Waals surface area contributed by atoms with Crippen molar-refractivity contribution in [2.75, 3.05) is 5.32 Å². The lowest BCUT2D eigenvalue weighted by atomic mass is 9.85. The van der Waals surface area contributed by atoms with E-state index in [9.17, 15) is 9.90 Å². The van der Waals surface area contributed by atoms with Crippen LogP contribution in [0, 0.1) is 5.92 Å². The lowest BCUT2D eigenvalue weighted by Gasteiger charge is -2.28. The molecule has 6 heteroatoms. The standard InChI is InChI=1S/C15H18N4O2/c20-15(21)11-4-3-5-12(10-11)17-13-6-1-2-7-14(13)19-9-8-16-18-19/h1-2,6-9,11-12,17H,3-5,10H2,(H,20,21). The van der Waals surface area contributed by atoms with Crippen molar-refractivity contribution in [3.05, 3.63) is 36.7 Å². The molecule has 0 spiro atoms. The number of rotatable bonds is 4. The molecule has 0 saturated heterocycles. The molecule has 6 nitrogen and oxygen atoms in total. The van der Waals surface area contributed by atoms with Crippen molar-refractivity contribution in [2.45, 2.75) is 31.7 Å². The van der Waals surface area contributed by atoms with E-state index in [0.717, 1.165) is 30.6 Å². The zero-order valence-electron chi connectivity index (χ0n) is 11.6. The van der Waals surface area contributed by atoms with E-state index in [4.69, 9.17) is 0 Å². The van der Waals surface area contributed by atoms with Gasteiger partial charge in [0.25, 0.3) is 0 Å². The quantitative estimate of drug-likeness (QED) is 0.901. The van der Waals surface area contributed by atoms with E-state index in [1.165, 1.54) is 0 Å². The summed E-state index contributed by atoms with van der Waals surface area (Å²) in [5, 5.41) is 20.5. The highest BCUT2D eigenvalue weighted by Gasteiger charge is 2.27. The number of benzene rings is 1. The summed E-state index contributed by atoms with van der Waals surface area (Å²) >= 11 is 0. The minimum absolute atomic E-state index is 0.185. The van der Waals surface area contributed by atoms with E-state index in [2.05, 4.69) is 15.6 Å². The number of hydrogen-bond donors (Lipinski definition) is 2. The summed E-state index contributed by atoms with van der Waals surface area (Å²) in [7, 11) is 0. The monoisotopic (exact) mass is 286 g/mol. The smallest absolute Gasteiger partial charge is 0.306 e. The molecule has 2 atom stereocenters. The van der Waals surface area contributed by atoms with Gasteiger partial charge in [0.15, 0.2) is 0 Å². The van der Waals surface area contributed by atoms with E-state index < -0.39 is 5.97 Å². The largest absolute Gasteiger partial charge is 0.481 e. The van der Waals surface area contributed by atoms with Crippen LogP contribution in [0.2, 0.25) is 0 Å². The van der Waals surface area contributed by atoms with Gasteiger partial charge in [0.2, 0.25) is 0 Å². The van der Waals surface area contributed by atoms with Crippen LogP contribution in [0.5, 0.6) is 0 Å². The first-order valence-corrected chi connectivity index (χ1v) is 7.19. The molecular formula is C15H18N4O2. The Morgan fingerprint density at radius 3 is 2.95 bits per heavy atom. The Kier molecular flexibility index (Phi) is 3.85. The van der Waals surface area contributed by atoms with Gasteiger partial charge in [-0.15, -0.1) is 5.10 Å². The Labute approximate surface area is 122 Å². The van der Waals surface area contributed by atoms with Gasteiger partial charge in [0.1, 0.15) is 0 Å². The first-order valence-electron chi connectivity index (χ1n) is 7.19. The van der Waals surface area contributed by atoms with E-state index in [1.807, 2.05) is 24.3 Å². The molecule has 0 amide bonds. The number of anilines is 1. The maximum atomic E-state index is 11.2. The van der Waals surface area contributed by atoms with Gasteiger partial charge in [-0.1, -0.05) is 23.8 Å². The number of aromatic nitrogens is 3. The first-order chi connectivity index (χ1) is 10.2. The van der Waals surface area contributed by atoms with Crippen molar-refractivity contribution in [1.82, 2.24) is 15.0 Å². The Balaban J connectivity index is 1.77. The summed E-state index contributed by atoms with van der Waals surface area (Å²) < 4.78 is 1.71. The Hall–Kier alpha value is -2.37. The predicted molar refractivity (Wildman–Crippen MR) is 78.4 cm³/mol. The van der Waals surface area contributed by atoms with Crippen molar-refractivity contribution in [3.63, 3.8) is 0 Å². The van der Waals surface area contributed by atoms with Gasteiger partial charge in [-0.25, -0.2) is 4.68 Å². The van der Waals surface area contributed by atoms with E-state index in [1.54, 1.807) is 17.1 Å². The van der Waals surface area contributed by atoms with Crippen molar-refractivity contribution in [3.8, 4) is 5.69 Å². The van der Waals surface area contributed by atoms with Gasteiger partial charge in [-0.05, 0) is 31.4 Å². The van der Waals surface area contributed by atoms with Crippen LogP contribution in [0.4, 0.5) is 5.69 Å². The maximum absolute atomic E-state index is 11.2. The van der Waals surface area contributed by atoms with Crippen LogP contribution in [0.3, 0.4) is 0 Å². The van der Waals surface area contributed by atoms with Crippen LogP contribution >= 0.6 is 0 Å². The highest BCUT2D eigenvalue weighted by atomic mass is 16.4. The second kappa shape index (κ2) is 5.95. The molecule has 110 valence electrons. The molecule has 1 aromatic heterocycles. The fraction of sp³-hybridized carbons (Fsp3) is 0.400. The summed E-state index contributed by atoms with van der Waals surface area (Å²) in [6, 6.07) is 8.05. The first kappa shape index (κ1) is 13.6. The molecule has 1 aliphatic rings. The summed E-state index contributed by atoms with van der Waals surface area (Å²) in [5.74, 6) is -0.930. The number of nitrogens with zero attached hydrogens (tertiary/aromatic N) is 3. The molecule has 1 heterocycles. The predicted octanol–water partition coefficient (Wildman–Crippen LogP) is 2.32. The van der Waals surface area contributed by atoms with E-state index in [0.29, 0.717) is 6.42 Å². The number of para-hydroxylation sites is 2. The third-order valence-corrected chi connectivity index (χ3v) is 3.96. The molecule has 1 aromatic carbocycles. The molecule has 1 aliphatic carbocycles. The van der Waals surface area contributed by atoms with Crippen LogP contribution < -0.4 is 5.32 Å². The van der Waals surface area contributed by atoms with Crippen molar-refractivity contribution in [1.29, 1.82) is 0 Å². The maximum Gasteiger partial charge on any atom is 0.306 e. The molecule has 2 N–H and O–H groups in total. The average molecular weight is 286 g/mol. The molecule has 3 rings (SSSR count). The summed E-state index contributed by atoms with van der Waals surface area (Å²) in [6.07, 6.45) is 6.81. The Morgan fingerprint density at radius 2 is 2.19 bits per heavy atom. The zero-order valence-corrected chi connectivity index (χ0v) is 11.6. The van der Waals surface area contributed by atoms with Crippen LogP contribution in [0.15, 0.2) is 36.7 Å². The van der Waals surface area contributed by atoms with Crippen LogP contribution in [0.1, 0.15) is 25.7 Å². The van der Waals surface area contributed by atoms with Crippen molar-refractivity contribution < 1.29 is 9.90 Å². The molecular weight excluding hydrogens is 268 g/mol. The van der Waals surface area contributed by atoms with Crippen molar-refractivity contribution >= 4 is 11.7 Å². The highest BCUT2D eigenvalue weighted by Crippen LogP contribution is 2.28. The molecule has 0 aliphatic heterocycles. The molecule has 0 radical (unpaired) electrons. The van der Waals surface area contributed by atoms with Crippen LogP contribution in [0.25, 0.3) is 5.69 Å². The summed E-state index contributed by atoms with van der Waals surface area (Å²) in [4.78, 5) is 11.2. The second-order valence-electron chi connectivity index (χ2n) is 5.41. The summed E-state index contributed by atoms with van der Waals surface area (Å²) in [5.41, 5.74) is 1.88. The van der Waals surface area contributed by atoms with Gasteiger partial charge >= 0.3 is 5.97 Å². The van der Waals surface area contributed by atoms with Crippen LogP contribution in [-0.2, 0) is 4.79 Å². The zero-order chi connectivity index (χ0) is 14.7. The molecule has 21 heavy (non-hydrogen) atoms. The Bertz CT molecular complexity index is 612. The number of carboxylic acid groups (broad SMARTS) is 1. The number of carbonyl (C=O) groups is 1. The minimum atomic E-state index is -0.689. The third-order valence-electron chi connectivity index (χ3n) is 3.96. The number of aliphatic carboxylic acids is 1. The summed E-state index contributed by atoms with van der Waals surface area (Å²) in [6.45, 7) is 0. The molecule has 1 fully saturated rings. The van der Waals surface area contributed by atoms with Gasteiger partial charge in [0.05, 0.1) is 29.7 Å². The van der Waals surface area contributed by atoms with E-state index >= 15 is 0 Å². The van der Waals surface area contributed by atoms with Gasteiger partial charge in [-0.3, -0.25) is 4.79 Å². The average Bonchev–Trinajstić information content (AvgIpc) is 3.02. The lowest BCUT2D eigenvalue weighted by Crippen LogP contribution is -2.31. The topological polar surface area (TPSA) is 80.0 Å². The van der Waals surface area contributed by atoms with Gasteiger partial charge in [0, 0.05) is 6.04 Å². The fourth-order valence-electron chi connectivity index (χ4n) is 2.90. The van der Waals surface area contributed by atoms with Crippen molar-refractivity contribution in [2.24, 2.45) is 5.92 Å². The minimum Gasteiger partial charge on any atom is -0.481 e. The molecule has 2 aromatic rings. The molecule has 0 bridgehead atoms. The van der Waals surface area contributed by atoms with Gasteiger partial charge < -0.3 is 10.4 Å². The molecule has 2 unspecified atom stereocenters. The van der Waals surface area contributed by atoms with Gasteiger partial charge in [-0.2, -0.15) is 0 Å². The second-order valence-corrected chi connectivity index (χ2v) is 5.41. The SMILES string of the molecule is O=C(O)C1CCCC(Nc2ccccc2-n2ccnn2)C1. The third kappa shape index (κ3) is 3.04. The number of hydrogen-bond acceptors (Lipinski definition) is 4. The van der Waals surface area contributed by atoms with E-state index in [-0.39, 0.29) is 12.0 Å². The molecule has 1 saturated carbocycles. The highest BCUT2D eigenvalue weighted by molar-refractivity contribution is 5.70.